The quantitative estimate of drug-likeness (QED) is 0.733. The van der Waals surface area contributed by atoms with E-state index < -0.39 is 0 Å². The zero-order chi connectivity index (χ0) is 18.4. The van der Waals surface area contributed by atoms with E-state index in [1.165, 1.54) is 24.5 Å². The maximum Gasteiger partial charge on any atom is 0.278 e. The minimum atomic E-state index is -0.268. The second-order valence-electron chi connectivity index (χ2n) is 5.65. The van der Waals surface area contributed by atoms with Gasteiger partial charge in [0.05, 0.1) is 12.4 Å². The van der Waals surface area contributed by atoms with Crippen LogP contribution in [0.2, 0.25) is 0 Å². The van der Waals surface area contributed by atoms with Gasteiger partial charge in [-0.1, -0.05) is 30.3 Å². The van der Waals surface area contributed by atoms with Gasteiger partial charge in [0, 0.05) is 18.8 Å². The molecule has 1 heterocycles. The average molecular weight is 350 g/mol. The highest BCUT2D eigenvalue weighted by molar-refractivity contribution is 6.04. The summed E-state index contributed by atoms with van der Waals surface area (Å²) < 4.78 is 12.9. The highest BCUT2D eigenvalue weighted by Crippen LogP contribution is 2.16. The first kappa shape index (κ1) is 17.5. The van der Waals surface area contributed by atoms with Crippen molar-refractivity contribution in [3.63, 3.8) is 0 Å². The molecule has 1 N–H and O–H groups in total. The second-order valence-corrected chi connectivity index (χ2v) is 5.65. The van der Waals surface area contributed by atoms with Crippen LogP contribution in [0.1, 0.15) is 23.0 Å². The number of para-hydroxylation sites is 1. The summed E-state index contributed by atoms with van der Waals surface area (Å²) in [5.74, 6) is 0.0835. The molecule has 1 amide bonds. The molecule has 2 aromatic carbocycles. The van der Waals surface area contributed by atoms with Crippen molar-refractivity contribution in [2.24, 2.45) is 0 Å². The summed E-state index contributed by atoms with van der Waals surface area (Å²) in [6.45, 7) is 2.94. The normalized spacial score (nSPS) is 10.4. The van der Waals surface area contributed by atoms with Crippen molar-refractivity contribution in [2.75, 3.05) is 16.8 Å². The molecule has 5 nitrogen and oxygen atoms in total. The Morgan fingerprint density at radius 1 is 1.04 bits per heavy atom. The predicted octanol–water partition coefficient (Wildman–Crippen LogP) is 3.89. The molecule has 0 aliphatic rings. The Balaban J connectivity index is 1.66. The van der Waals surface area contributed by atoms with Crippen LogP contribution in [0.3, 0.4) is 0 Å². The fraction of sp³-hybridized carbons (Fsp3) is 0.150. The van der Waals surface area contributed by atoms with Crippen molar-refractivity contribution in [3.05, 3.63) is 84.1 Å². The number of hydrogen-bond acceptors (Lipinski definition) is 4. The lowest BCUT2D eigenvalue weighted by Crippen LogP contribution is -2.31. The third-order valence-electron chi connectivity index (χ3n) is 3.89. The summed E-state index contributed by atoms with van der Waals surface area (Å²) in [6, 6.07) is 15.7. The molecule has 0 aliphatic carbocycles. The number of aromatic nitrogens is 2. The molecule has 3 rings (SSSR count). The molecule has 0 bridgehead atoms. The Hall–Kier alpha value is -3.28. The lowest BCUT2D eigenvalue weighted by atomic mass is 10.2. The maximum atomic E-state index is 12.9. The Morgan fingerprint density at radius 2 is 1.77 bits per heavy atom. The number of amides is 1. The summed E-state index contributed by atoms with van der Waals surface area (Å²) in [6.07, 6.45) is 2.98. The van der Waals surface area contributed by atoms with Crippen LogP contribution < -0.4 is 10.2 Å². The van der Waals surface area contributed by atoms with Crippen LogP contribution in [-0.2, 0) is 6.54 Å². The molecule has 0 fully saturated rings. The molecule has 6 heteroatoms. The fourth-order valence-electron chi connectivity index (χ4n) is 2.51. The predicted molar refractivity (Wildman–Crippen MR) is 99.6 cm³/mol. The number of nitrogens with one attached hydrogen (secondary N) is 1. The third kappa shape index (κ3) is 4.22. The van der Waals surface area contributed by atoms with E-state index in [-0.39, 0.29) is 17.4 Å². The summed E-state index contributed by atoms with van der Waals surface area (Å²) in [4.78, 5) is 22.8. The molecule has 3 aromatic rings. The number of hydrogen-bond donors (Lipinski definition) is 1. The van der Waals surface area contributed by atoms with Crippen molar-refractivity contribution in [2.45, 2.75) is 13.5 Å². The molecule has 0 radical (unpaired) electrons. The zero-order valence-corrected chi connectivity index (χ0v) is 14.4. The Labute approximate surface area is 151 Å². The van der Waals surface area contributed by atoms with Gasteiger partial charge < -0.3 is 10.2 Å². The molecule has 132 valence electrons. The van der Waals surface area contributed by atoms with Crippen molar-refractivity contribution in [3.8, 4) is 0 Å². The van der Waals surface area contributed by atoms with E-state index in [2.05, 4.69) is 15.3 Å². The van der Waals surface area contributed by atoms with Gasteiger partial charge in [0.15, 0.2) is 0 Å². The van der Waals surface area contributed by atoms with Gasteiger partial charge in [-0.05, 0) is 36.8 Å². The first-order chi connectivity index (χ1) is 12.7. The van der Waals surface area contributed by atoms with E-state index in [0.29, 0.717) is 18.9 Å². The Bertz CT molecular complexity index is 851. The van der Waals surface area contributed by atoms with Gasteiger partial charge in [-0.15, -0.1) is 0 Å². The van der Waals surface area contributed by atoms with Gasteiger partial charge >= 0.3 is 0 Å². The van der Waals surface area contributed by atoms with Crippen LogP contribution in [0.15, 0.2) is 67.0 Å². The first-order valence-electron chi connectivity index (χ1n) is 8.34. The van der Waals surface area contributed by atoms with E-state index in [1.54, 1.807) is 17.0 Å². The van der Waals surface area contributed by atoms with E-state index in [0.717, 1.165) is 11.3 Å². The van der Waals surface area contributed by atoms with Gasteiger partial charge in [-0.2, -0.15) is 0 Å². The SMILES string of the molecule is CCN(C(=O)c1cnc(NCc2ccc(F)cc2)cn1)c1ccccc1. The minimum absolute atomic E-state index is 0.198. The lowest BCUT2D eigenvalue weighted by molar-refractivity contribution is 0.0983. The minimum Gasteiger partial charge on any atom is -0.365 e. The lowest BCUT2D eigenvalue weighted by Gasteiger charge is -2.20. The molecule has 0 unspecified atom stereocenters. The second kappa shape index (κ2) is 8.20. The highest BCUT2D eigenvalue weighted by Gasteiger charge is 2.17. The molecule has 0 atom stereocenters. The van der Waals surface area contributed by atoms with Crippen LogP contribution >= 0.6 is 0 Å². The number of benzene rings is 2. The number of rotatable bonds is 6. The van der Waals surface area contributed by atoms with Crippen molar-refractivity contribution >= 4 is 17.4 Å². The summed E-state index contributed by atoms with van der Waals surface area (Å²) in [7, 11) is 0. The summed E-state index contributed by atoms with van der Waals surface area (Å²) in [5, 5.41) is 3.10. The van der Waals surface area contributed by atoms with Gasteiger partial charge in [-0.25, -0.2) is 14.4 Å². The molecule has 0 saturated carbocycles. The molecular weight excluding hydrogens is 331 g/mol. The zero-order valence-electron chi connectivity index (χ0n) is 14.4. The third-order valence-corrected chi connectivity index (χ3v) is 3.89. The number of anilines is 2. The molecule has 0 spiro atoms. The van der Waals surface area contributed by atoms with Crippen LogP contribution in [-0.4, -0.2) is 22.4 Å². The first-order valence-corrected chi connectivity index (χ1v) is 8.34. The molecular formula is C20H19FN4O. The molecule has 26 heavy (non-hydrogen) atoms. The topological polar surface area (TPSA) is 58.1 Å². The molecule has 0 saturated heterocycles. The van der Waals surface area contributed by atoms with Crippen molar-refractivity contribution in [1.29, 1.82) is 0 Å². The highest BCUT2D eigenvalue weighted by atomic mass is 19.1. The fourth-order valence-corrected chi connectivity index (χ4v) is 2.51. The average Bonchev–Trinajstić information content (AvgIpc) is 2.69. The summed E-state index contributed by atoms with van der Waals surface area (Å²) in [5.41, 5.74) is 2.03. The standard InChI is InChI=1S/C20H19FN4O/c1-2-25(17-6-4-3-5-7-17)20(26)18-13-24-19(14-22-18)23-12-15-8-10-16(21)11-9-15/h3-11,13-14H,2,12H2,1H3,(H,23,24). The van der Waals surface area contributed by atoms with Crippen LogP contribution in [0, 0.1) is 5.82 Å². The van der Waals surface area contributed by atoms with Crippen molar-refractivity contribution in [1.82, 2.24) is 9.97 Å². The van der Waals surface area contributed by atoms with Gasteiger partial charge in [0.1, 0.15) is 17.3 Å². The van der Waals surface area contributed by atoms with Crippen LogP contribution in [0.4, 0.5) is 15.9 Å². The summed E-state index contributed by atoms with van der Waals surface area (Å²) >= 11 is 0. The molecule has 1 aromatic heterocycles. The number of nitrogens with zero attached hydrogens (tertiary/aromatic N) is 3. The van der Waals surface area contributed by atoms with Gasteiger partial charge in [-0.3, -0.25) is 4.79 Å². The smallest absolute Gasteiger partial charge is 0.278 e. The van der Waals surface area contributed by atoms with E-state index in [4.69, 9.17) is 0 Å². The largest absolute Gasteiger partial charge is 0.365 e. The monoisotopic (exact) mass is 350 g/mol. The maximum absolute atomic E-state index is 12.9. The van der Waals surface area contributed by atoms with Crippen LogP contribution in [0.5, 0.6) is 0 Å². The number of carbonyl (C=O) groups is 1. The Morgan fingerprint density at radius 3 is 2.38 bits per heavy atom. The van der Waals surface area contributed by atoms with Crippen molar-refractivity contribution < 1.29 is 9.18 Å². The van der Waals surface area contributed by atoms with E-state index in [1.807, 2.05) is 37.3 Å². The van der Waals surface area contributed by atoms with Gasteiger partial charge in [0.2, 0.25) is 0 Å². The van der Waals surface area contributed by atoms with Gasteiger partial charge in [0.25, 0.3) is 5.91 Å². The van der Waals surface area contributed by atoms with Crippen LogP contribution in [0.25, 0.3) is 0 Å². The van der Waals surface area contributed by atoms with E-state index >= 15 is 0 Å². The number of carbonyl (C=O) groups excluding carboxylic acids is 1. The molecule has 0 aliphatic heterocycles. The Kier molecular flexibility index (Phi) is 5.53. The number of halogens is 1. The van der Waals surface area contributed by atoms with E-state index in [9.17, 15) is 9.18 Å².